The maximum absolute atomic E-state index is 13.7. The lowest BCUT2D eigenvalue weighted by molar-refractivity contribution is 0.112. The fourth-order valence-corrected chi connectivity index (χ4v) is 2.76. The van der Waals surface area contributed by atoms with E-state index < -0.39 is 5.82 Å². The van der Waals surface area contributed by atoms with Crippen molar-refractivity contribution in [2.75, 3.05) is 0 Å². The van der Waals surface area contributed by atoms with Crippen LogP contribution in [0, 0.1) is 11.6 Å². The molecule has 0 fully saturated rings. The molecule has 2 aromatic carbocycles. The van der Waals surface area contributed by atoms with Crippen LogP contribution in [0.5, 0.6) is 0 Å². The molecule has 0 aliphatic heterocycles. The Bertz CT molecular complexity index is 886. The average molecular weight is 311 g/mol. The van der Waals surface area contributed by atoms with Crippen molar-refractivity contribution in [2.45, 2.75) is 19.8 Å². The van der Waals surface area contributed by atoms with Gasteiger partial charge < -0.3 is 0 Å². The molecule has 0 amide bonds. The summed E-state index contributed by atoms with van der Waals surface area (Å²) in [5.41, 5.74) is 2.93. The van der Waals surface area contributed by atoms with E-state index in [9.17, 15) is 13.6 Å². The first-order valence-electron chi connectivity index (χ1n) is 7.35. The third kappa shape index (κ3) is 2.72. The van der Waals surface area contributed by atoms with E-state index in [2.05, 4.69) is 4.98 Å². The fourth-order valence-electron chi connectivity index (χ4n) is 2.76. The Hall–Kier alpha value is -2.62. The first kappa shape index (κ1) is 15.3. The van der Waals surface area contributed by atoms with Gasteiger partial charge in [-0.2, -0.15) is 0 Å². The van der Waals surface area contributed by atoms with Crippen molar-refractivity contribution < 1.29 is 13.6 Å². The molecule has 0 unspecified atom stereocenters. The highest BCUT2D eigenvalue weighted by atomic mass is 19.1. The van der Waals surface area contributed by atoms with Crippen molar-refractivity contribution in [1.29, 1.82) is 0 Å². The van der Waals surface area contributed by atoms with E-state index >= 15 is 0 Å². The Morgan fingerprint density at radius 3 is 2.26 bits per heavy atom. The van der Waals surface area contributed by atoms with Gasteiger partial charge in [-0.3, -0.25) is 9.78 Å². The van der Waals surface area contributed by atoms with E-state index in [0.29, 0.717) is 33.3 Å². The molecule has 4 heteroatoms. The monoisotopic (exact) mass is 311 g/mol. The standard InChI is InChI=1S/C19H15F2NO/c1-11(2)19-16(10-23)18(12-3-5-13(20)6-4-12)15-9-14(21)7-8-17(15)22-19/h3-11H,1-2H3. The maximum Gasteiger partial charge on any atom is 0.152 e. The Morgan fingerprint density at radius 1 is 1.00 bits per heavy atom. The predicted molar refractivity (Wildman–Crippen MR) is 86.6 cm³/mol. The fraction of sp³-hybridized carbons (Fsp3) is 0.158. The molecular formula is C19H15F2NO. The molecule has 2 nitrogen and oxygen atoms in total. The highest BCUT2D eigenvalue weighted by Crippen LogP contribution is 2.35. The van der Waals surface area contributed by atoms with E-state index in [1.54, 1.807) is 18.2 Å². The van der Waals surface area contributed by atoms with Crippen molar-refractivity contribution in [1.82, 2.24) is 4.98 Å². The summed E-state index contributed by atoms with van der Waals surface area (Å²) in [6.45, 7) is 3.89. The molecule has 0 saturated carbocycles. The minimum absolute atomic E-state index is 0.0313. The zero-order valence-electron chi connectivity index (χ0n) is 12.8. The van der Waals surface area contributed by atoms with Gasteiger partial charge in [-0.05, 0) is 41.8 Å². The van der Waals surface area contributed by atoms with E-state index in [1.807, 2.05) is 13.8 Å². The normalized spacial score (nSPS) is 11.2. The zero-order valence-corrected chi connectivity index (χ0v) is 12.8. The van der Waals surface area contributed by atoms with E-state index in [-0.39, 0.29) is 11.7 Å². The number of aldehydes is 1. The van der Waals surface area contributed by atoms with Gasteiger partial charge in [0.1, 0.15) is 11.6 Å². The third-order valence-corrected chi connectivity index (χ3v) is 3.81. The van der Waals surface area contributed by atoms with E-state index in [4.69, 9.17) is 0 Å². The van der Waals surface area contributed by atoms with Gasteiger partial charge in [0.25, 0.3) is 0 Å². The second-order valence-corrected chi connectivity index (χ2v) is 5.73. The van der Waals surface area contributed by atoms with Gasteiger partial charge in [0.05, 0.1) is 11.2 Å². The van der Waals surface area contributed by atoms with Crippen LogP contribution in [0.2, 0.25) is 0 Å². The number of hydrogen-bond donors (Lipinski definition) is 0. The van der Waals surface area contributed by atoms with Gasteiger partial charge >= 0.3 is 0 Å². The smallest absolute Gasteiger partial charge is 0.152 e. The number of hydrogen-bond acceptors (Lipinski definition) is 2. The van der Waals surface area contributed by atoms with Crippen LogP contribution >= 0.6 is 0 Å². The lowest BCUT2D eigenvalue weighted by Crippen LogP contribution is -2.04. The van der Waals surface area contributed by atoms with Crippen molar-refractivity contribution in [2.24, 2.45) is 0 Å². The van der Waals surface area contributed by atoms with Crippen molar-refractivity contribution >= 4 is 17.2 Å². The Labute approximate surface area is 132 Å². The van der Waals surface area contributed by atoms with Crippen molar-refractivity contribution in [3.63, 3.8) is 0 Å². The van der Waals surface area contributed by atoms with Crippen LogP contribution < -0.4 is 0 Å². The molecule has 116 valence electrons. The highest BCUT2D eigenvalue weighted by molar-refractivity contribution is 6.03. The summed E-state index contributed by atoms with van der Waals surface area (Å²) in [5, 5.41) is 0.545. The maximum atomic E-state index is 13.7. The first-order valence-corrected chi connectivity index (χ1v) is 7.35. The number of carbonyl (C=O) groups excluding carboxylic acids is 1. The van der Waals surface area contributed by atoms with Crippen LogP contribution in [0.4, 0.5) is 8.78 Å². The summed E-state index contributed by atoms with van der Waals surface area (Å²) in [4.78, 5) is 16.2. The summed E-state index contributed by atoms with van der Waals surface area (Å²) in [6, 6.07) is 10.1. The summed E-state index contributed by atoms with van der Waals surface area (Å²) in [6.07, 6.45) is 0.741. The molecule has 0 bridgehead atoms. The minimum atomic E-state index is -0.406. The number of halogens is 2. The minimum Gasteiger partial charge on any atom is -0.298 e. The van der Waals surface area contributed by atoms with Crippen molar-refractivity contribution in [3.05, 3.63) is 65.4 Å². The molecule has 3 rings (SSSR count). The molecule has 3 aromatic rings. The number of aromatic nitrogens is 1. The molecule has 0 atom stereocenters. The van der Waals surface area contributed by atoms with Gasteiger partial charge in [0.2, 0.25) is 0 Å². The van der Waals surface area contributed by atoms with E-state index in [0.717, 1.165) is 6.29 Å². The number of benzene rings is 2. The summed E-state index contributed by atoms with van der Waals surface area (Å²) >= 11 is 0. The number of rotatable bonds is 3. The van der Waals surface area contributed by atoms with Gasteiger partial charge in [-0.25, -0.2) is 8.78 Å². The van der Waals surface area contributed by atoms with E-state index in [1.165, 1.54) is 24.3 Å². The van der Waals surface area contributed by atoms with Crippen LogP contribution in [0.1, 0.15) is 35.8 Å². The molecule has 0 spiro atoms. The van der Waals surface area contributed by atoms with Crippen molar-refractivity contribution in [3.8, 4) is 11.1 Å². The Morgan fingerprint density at radius 2 is 1.65 bits per heavy atom. The SMILES string of the molecule is CC(C)c1nc2ccc(F)cc2c(-c2ccc(F)cc2)c1C=O. The summed E-state index contributed by atoms with van der Waals surface area (Å²) in [5.74, 6) is -0.740. The lowest BCUT2D eigenvalue weighted by Gasteiger charge is -2.16. The summed E-state index contributed by atoms with van der Waals surface area (Å²) < 4.78 is 26.9. The van der Waals surface area contributed by atoms with Crippen LogP contribution in [-0.4, -0.2) is 11.3 Å². The number of carbonyl (C=O) groups is 1. The molecular weight excluding hydrogens is 296 g/mol. The molecule has 1 aromatic heterocycles. The molecule has 1 heterocycles. The molecule has 0 N–H and O–H groups in total. The van der Waals surface area contributed by atoms with Gasteiger partial charge in [-0.15, -0.1) is 0 Å². The predicted octanol–water partition coefficient (Wildman–Crippen LogP) is 5.12. The lowest BCUT2D eigenvalue weighted by atomic mass is 9.91. The molecule has 0 aliphatic carbocycles. The van der Waals surface area contributed by atoms with Gasteiger partial charge in [0, 0.05) is 16.5 Å². The molecule has 0 aliphatic rings. The summed E-state index contributed by atoms with van der Waals surface area (Å²) in [7, 11) is 0. The largest absolute Gasteiger partial charge is 0.298 e. The third-order valence-electron chi connectivity index (χ3n) is 3.81. The van der Waals surface area contributed by atoms with Crippen LogP contribution in [-0.2, 0) is 0 Å². The molecule has 0 radical (unpaired) electrons. The molecule has 23 heavy (non-hydrogen) atoms. The Balaban J connectivity index is 2.46. The number of fused-ring (bicyclic) bond motifs is 1. The number of pyridine rings is 1. The highest BCUT2D eigenvalue weighted by Gasteiger charge is 2.18. The van der Waals surface area contributed by atoms with Gasteiger partial charge in [0.15, 0.2) is 6.29 Å². The average Bonchev–Trinajstić information content (AvgIpc) is 2.54. The topological polar surface area (TPSA) is 30.0 Å². The molecule has 0 saturated heterocycles. The second-order valence-electron chi connectivity index (χ2n) is 5.73. The Kier molecular flexibility index (Phi) is 3.90. The first-order chi connectivity index (χ1) is 11.0. The number of nitrogens with zero attached hydrogens (tertiary/aromatic N) is 1. The second kappa shape index (κ2) is 5.88. The van der Waals surface area contributed by atoms with Crippen LogP contribution in [0.15, 0.2) is 42.5 Å². The quantitative estimate of drug-likeness (QED) is 0.629. The van der Waals surface area contributed by atoms with Crippen LogP contribution in [0.3, 0.4) is 0 Å². The van der Waals surface area contributed by atoms with Gasteiger partial charge in [-0.1, -0.05) is 26.0 Å². The van der Waals surface area contributed by atoms with Crippen LogP contribution in [0.25, 0.3) is 22.0 Å². The zero-order chi connectivity index (χ0) is 16.6.